The van der Waals surface area contributed by atoms with Crippen LogP contribution in [0.2, 0.25) is 0 Å². The van der Waals surface area contributed by atoms with Crippen molar-refractivity contribution in [1.82, 2.24) is 0 Å². The molecule has 11 aromatic carbocycles. The fourth-order valence-corrected chi connectivity index (χ4v) is 11.3. The Morgan fingerprint density at radius 2 is 0.641 bits per heavy atom. The molecule has 314 valence electrons. The van der Waals surface area contributed by atoms with E-state index in [-0.39, 0.29) is 21.7 Å². The average molecular weight is 827 g/mol. The lowest BCUT2D eigenvalue weighted by Gasteiger charge is -2.25. The van der Waals surface area contributed by atoms with E-state index in [1.807, 2.05) is 0 Å². The van der Waals surface area contributed by atoms with Crippen molar-refractivity contribution in [3.8, 4) is 44.5 Å². The van der Waals surface area contributed by atoms with Crippen molar-refractivity contribution < 1.29 is 0 Å². The van der Waals surface area contributed by atoms with Gasteiger partial charge in [0.15, 0.2) is 0 Å². The highest BCUT2D eigenvalue weighted by Crippen LogP contribution is 2.53. The quantitative estimate of drug-likeness (QED) is 0.152. The van der Waals surface area contributed by atoms with Gasteiger partial charge in [-0.3, -0.25) is 0 Å². The summed E-state index contributed by atoms with van der Waals surface area (Å²) in [6.07, 6.45) is 0. The Balaban J connectivity index is 1.10. The summed E-state index contributed by atoms with van der Waals surface area (Å²) in [6.45, 7) is 28.0. The molecule has 0 amide bonds. The van der Waals surface area contributed by atoms with Crippen LogP contribution in [0.4, 0.5) is 0 Å². The van der Waals surface area contributed by atoms with Gasteiger partial charge in [-0.15, -0.1) is 0 Å². The summed E-state index contributed by atoms with van der Waals surface area (Å²) in [7, 11) is 0. The van der Waals surface area contributed by atoms with Gasteiger partial charge in [0, 0.05) is 0 Å². The van der Waals surface area contributed by atoms with Gasteiger partial charge in [-0.2, -0.15) is 0 Å². The van der Waals surface area contributed by atoms with Crippen LogP contribution in [0, 0.1) is 0 Å². The topological polar surface area (TPSA) is 0 Å². The van der Waals surface area contributed by atoms with Gasteiger partial charge in [-0.05, 0) is 194 Å². The van der Waals surface area contributed by atoms with Crippen LogP contribution in [0.15, 0.2) is 133 Å². The van der Waals surface area contributed by atoms with Crippen molar-refractivity contribution in [2.45, 2.75) is 105 Å². The lowest BCUT2D eigenvalue weighted by molar-refractivity contribution is 0.591. The summed E-state index contributed by atoms with van der Waals surface area (Å²) >= 11 is 0. The van der Waals surface area contributed by atoms with Crippen molar-refractivity contribution >= 4 is 75.4 Å². The predicted octanol–water partition coefficient (Wildman–Crippen LogP) is 18.8. The summed E-state index contributed by atoms with van der Waals surface area (Å²) < 4.78 is 0. The molecule has 0 heteroatoms. The van der Waals surface area contributed by atoms with Crippen LogP contribution >= 0.6 is 0 Å². The monoisotopic (exact) mass is 826 g/mol. The highest BCUT2D eigenvalue weighted by Gasteiger charge is 2.28. The minimum atomic E-state index is 0.0135. The van der Waals surface area contributed by atoms with Crippen molar-refractivity contribution in [2.24, 2.45) is 0 Å². The lowest BCUT2D eigenvalue weighted by Crippen LogP contribution is -2.12. The molecule has 0 unspecified atom stereocenters. The van der Waals surface area contributed by atoms with E-state index in [4.69, 9.17) is 0 Å². The second-order valence-corrected chi connectivity index (χ2v) is 23.5. The van der Waals surface area contributed by atoms with Gasteiger partial charge in [0.1, 0.15) is 0 Å². The van der Waals surface area contributed by atoms with Gasteiger partial charge < -0.3 is 0 Å². The van der Waals surface area contributed by atoms with Gasteiger partial charge in [0.25, 0.3) is 0 Å². The molecular weight excluding hydrogens is 769 g/mol. The zero-order valence-corrected chi connectivity index (χ0v) is 39.7. The summed E-state index contributed by atoms with van der Waals surface area (Å²) in [5.74, 6) is 0. The van der Waals surface area contributed by atoms with E-state index in [2.05, 4.69) is 217 Å². The molecule has 0 bridgehead atoms. The van der Waals surface area contributed by atoms with E-state index < -0.39 is 0 Å². The molecule has 1 aliphatic rings. The molecule has 0 heterocycles. The van der Waals surface area contributed by atoms with Crippen LogP contribution in [-0.2, 0) is 21.7 Å². The standard InChI is InChI=1S/C64H58/c1-61(2,3)42-24-36-16-18-38-26-44(63(7,8)9)33-54-51(31-40(28-42)56(36)58(38)54)35-20-21-46-50-23-22-47(48-14-13-15-49(60(48)50)52(46)30-35)53-32-41-29-43(62(4,5)6)25-37-17-19-39-27-45(64(10,11)12)34-55(53)59(39)57(37)41/h13-34H,1-12H3. The lowest BCUT2D eigenvalue weighted by atomic mass is 9.79. The van der Waals surface area contributed by atoms with Gasteiger partial charge in [0.2, 0.25) is 0 Å². The Labute approximate surface area is 378 Å². The largest absolute Gasteiger partial charge is 0.0610 e. The zero-order valence-electron chi connectivity index (χ0n) is 39.7. The van der Waals surface area contributed by atoms with E-state index in [1.165, 1.54) is 142 Å². The fourth-order valence-electron chi connectivity index (χ4n) is 11.3. The average Bonchev–Trinajstić information content (AvgIpc) is 3.56. The SMILES string of the molecule is CC(C)(C)c1cc2ccc3cc(C(C)(C)C)cc4c(-c5ccc6c(c5)-c5cccc7c(-c8cc9cc(C(C)(C)C)cc%10ccc%11cc(C(C)(C)C)cc8c%11c%109)ccc-6c57)cc(c1)c2c34. The Morgan fingerprint density at radius 3 is 1.16 bits per heavy atom. The highest BCUT2D eigenvalue weighted by molar-refractivity contribution is 6.30. The predicted molar refractivity (Wildman–Crippen MR) is 281 cm³/mol. The molecule has 0 atom stereocenters. The van der Waals surface area contributed by atoms with Crippen molar-refractivity contribution in [3.05, 3.63) is 156 Å². The molecule has 11 aromatic rings. The van der Waals surface area contributed by atoms with Crippen LogP contribution in [0.3, 0.4) is 0 Å². The minimum Gasteiger partial charge on any atom is -0.0610 e. The summed E-state index contributed by atoms with van der Waals surface area (Å²) in [5.41, 5.74) is 16.1. The van der Waals surface area contributed by atoms with Gasteiger partial charge in [-0.1, -0.05) is 186 Å². The van der Waals surface area contributed by atoms with E-state index in [0.717, 1.165) is 0 Å². The Morgan fingerprint density at radius 1 is 0.234 bits per heavy atom. The van der Waals surface area contributed by atoms with Crippen LogP contribution in [-0.4, -0.2) is 0 Å². The molecule has 12 rings (SSSR count). The first-order valence-corrected chi connectivity index (χ1v) is 23.5. The Hall–Kier alpha value is -6.24. The highest BCUT2D eigenvalue weighted by atomic mass is 14.3. The maximum atomic E-state index is 2.52. The summed E-state index contributed by atoms with van der Waals surface area (Å²) in [6, 6.07) is 53.3. The third kappa shape index (κ3) is 5.67. The van der Waals surface area contributed by atoms with E-state index >= 15 is 0 Å². The molecule has 0 saturated heterocycles. The molecule has 0 fully saturated rings. The Bertz CT molecular complexity index is 3780. The summed E-state index contributed by atoms with van der Waals surface area (Å²) in [5, 5.41) is 18.9. The number of benzene rings is 11. The van der Waals surface area contributed by atoms with Gasteiger partial charge in [-0.25, -0.2) is 0 Å². The molecule has 1 aliphatic carbocycles. The van der Waals surface area contributed by atoms with E-state index in [0.29, 0.717) is 0 Å². The second kappa shape index (κ2) is 12.7. The van der Waals surface area contributed by atoms with Crippen molar-refractivity contribution in [1.29, 1.82) is 0 Å². The molecule has 0 N–H and O–H groups in total. The summed E-state index contributed by atoms with van der Waals surface area (Å²) in [4.78, 5) is 0. The van der Waals surface area contributed by atoms with Crippen molar-refractivity contribution in [3.63, 3.8) is 0 Å². The normalized spacial score (nSPS) is 13.6. The molecule has 0 radical (unpaired) electrons. The smallest absolute Gasteiger partial charge is 0.00201 e. The fraction of sp³-hybridized carbons (Fsp3) is 0.250. The number of fused-ring (bicyclic) bond motifs is 3. The minimum absolute atomic E-state index is 0.0135. The van der Waals surface area contributed by atoms with Crippen LogP contribution in [0.5, 0.6) is 0 Å². The van der Waals surface area contributed by atoms with Crippen LogP contribution < -0.4 is 0 Å². The first kappa shape index (κ1) is 39.4. The Kier molecular flexibility index (Phi) is 7.83. The molecule has 0 saturated carbocycles. The molecule has 0 aromatic heterocycles. The zero-order chi connectivity index (χ0) is 44.6. The maximum absolute atomic E-state index is 2.52. The van der Waals surface area contributed by atoms with Gasteiger partial charge in [0.05, 0.1) is 0 Å². The molecule has 64 heavy (non-hydrogen) atoms. The number of hydrogen-bond donors (Lipinski definition) is 0. The van der Waals surface area contributed by atoms with Gasteiger partial charge >= 0.3 is 0 Å². The third-order valence-electron chi connectivity index (χ3n) is 15.0. The molecule has 0 aliphatic heterocycles. The number of hydrogen-bond acceptors (Lipinski definition) is 0. The van der Waals surface area contributed by atoms with E-state index in [1.54, 1.807) is 0 Å². The first-order valence-electron chi connectivity index (χ1n) is 23.5. The van der Waals surface area contributed by atoms with Crippen LogP contribution in [0.25, 0.3) is 120 Å². The van der Waals surface area contributed by atoms with Crippen LogP contribution in [0.1, 0.15) is 105 Å². The third-order valence-corrected chi connectivity index (χ3v) is 15.0. The maximum Gasteiger partial charge on any atom is -0.00201 e. The molecule has 0 nitrogen and oxygen atoms in total. The molecule has 0 spiro atoms. The number of rotatable bonds is 2. The van der Waals surface area contributed by atoms with E-state index in [9.17, 15) is 0 Å². The second-order valence-electron chi connectivity index (χ2n) is 23.5. The first-order chi connectivity index (χ1) is 30.2. The van der Waals surface area contributed by atoms with Crippen molar-refractivity contribution in [2.75, 3.05) is 0 Å². The molecular formula is C64H58.